The van der Waals surface area contributed by atoms with Crippen molar-refractivity contribution in [3.8, 4) is 0 Å². The molecule has 11 heteroatoms. The molecule has 0 fully saturated rings. The Morgan fingerprint density at radius 2 is 1.93 bits per heavy atom. The summed E-state index contributed by atoms with van der Waals surface area (Å²) < 4.78 is 7.15. The van der Waals surface area contributed by atoms with Crippen LogP contribution in [0.3, 0.4) is 0 Å². The van der Waals surface area contributed by atoms with E-state index in [9.17, 15) is 14.4 Å². The van der Waals surface area contributed by atoms with Gasteiger partial charge in [-0.25, -0.2) is 4.79 Å². The van der Waals surface area contributed by atoms with Crippen molar-refractivity contribution in [2.75, 3.05) is 11.9 Å². The maximum atomic E-state index is 13.3. The average Bonchev–Trinajstić information content (AvgIpc) is 3.46. The number of rotatable bonds is 10. The van der Waals surface area contributed by atoms with Gasteiger partial charge in [0.2, 0.25) is 11.8 Å². The van der Waals surface area contributed by atoms with Crippen molar-refractivity contribution >= 4 is 45.9 Å². The predicted octanol–water partition coefficient (Wildman–Crippen LogP) is 5.18. The highest BCUT2D eigenvalue weighted by molar-refractivity contribution is 8.00. The topological polar surface area (TPSA) is 115 Å². The van der Waals surface area contributed by atoms with Crippen LogP contribution in [0.15, 0.2) is 35.5 Å². The van der Waals surface area contributed by atoms with Gasteiger partial charge in [0.1, 0.15) is 5.00 Å². The Morgan fingerprint density at radius 3 is 2.61 bits per heavy atom. The first-order chi connectivity index (χ1) is 19.5. The number of hydrogen-bond acceptors (Lipinski definition) is 8. The van der Waals surface area contributed by atoms with E-state index < -0.39 is 5.25 Å². The van der Waals surface area contributed by atoms with Crippen molar-refractivity contribution in [1.29, 1.82) is 0 Å². The smallest absolute Gasteiger partial charge is 0.341 e. The number of carbonyl (C=O) groups is 3. The van der Waals surface area contributed by atoms with E-state index in [0.717, 1.165) is 35.3 Å². The lowest BCUT2D eigenvalue weighted by Gasteiger charge is -2.33. The maximum absolute atomic E-state index is 13.3. The van der Waals surface area contributed by atoms with E-state index in [-0.39, 0.29) is 42.8 Å². The van der Waals surface area contributed by atoms with Crippen LogP contribution in [-0.4, -0.2) is 44.4 Å². The summed E-state index contributed by atoms with van der Waals surface area (Å²) in [5.74, 6) is 0.376. The highest BCUT2D eigenvalue weighted by Crippen LogP contribution is 2.44. The monoisotopic (exact) mass is 597 g/mol. The van der Waals surface area contributed by atoms with Crippen LogP contribution in [0.25, 0.3) is 0 Å². The first kappa shape index (κ1) is 30.8. The fourth-order valence-corrected chi connectivity index (χ4v) is 7.03. The second kappa shape index (κ2) is 13.2. The van der Waals surface area contributed by atoms with E-state index in [4.69, 9.17) is 4.74 Å². The Hall–Kier alpha value is -3.18. The third-order valence-corrected chi connectivity index (χ3v) is 9.74. The molecule has 0 radical (unpaired) electrons. The summed E-state index contributed by atoms with van der Waals surface area (Å²) >= 11 is 2.76. The highest BCUT2D eigenvalue weighted by Gasteiger charge is 2.35. The highest BCUT2D eigenvalue weighted by atomic mass is 32.2. The summed E-state index contributed by atoms with van der Waals surface area (Å²) in [7, 11) is 1.81. The molecule has 0 bridgehead atoms. The quantitative estimate of drug-likeness (QED) is 0.244. The molecule has 2 N–H and O–H groups in total. The molecule has 1 aliphatic carbocycles. The van der Waals surface area contributed by atoms with Gasteiger partial charge < -0.3 is 19.9 Å². The lowest BCUT2D eigenvalue weighted by molar-refractivity contribution is -0.120. The molecule has 1 aliphatic rings. The minimum absolute atomic E-state index is 0.106. The van der Waals surface area contributed by atoms with Crippen molar-refractivity contribution in [3.05, 3.63) is 57.7 Å². The molecule has 2 atom stereocenters. The van der Waals surface area contributed by atoms with Crippen LogP contribution in [0.4, 0.5) is 5.00 Å². The number of nitrogens with one attached hydrogen (secondary N) is 2. The van der Waals surface area contributed by atoms with Gasteiger partial charge in [0.15, 0.2) is 11.0 Å². The number of thioether (sulfide) groups is 1. The van der Waals surface area contributed by atoms with Crippen molar-refractivity contribution in [2.45, 2.75) is 77.3 Å². The molecular weight excluding hydrogens is 558 g/mol. The molecule has 1 aromatic carbocycles. The fraction of sp³-hybridized carbons (Fsp3) is 0.500. The number of carbonyl (C=O) groups excluding carboxylic acids is 3. The van der Waals surface area contributed by atoms with Crippen LogP contribution >= 0.6 is 23.1 Å². The molecule has 2 aromatic heterocycles. The van der Waals surface area contributed by atoms with Gasteiger partial charge in [0.25, 0.3) is 0 Å². The van der Waals surface area contributed by atoms with Crippen molar-refractivity contribution in [1.82, 2.24) is 20.1 Å². The second-order valence-electron chi connectivity index (χ2n) is 11.4. The molecule has 220 valence electrons. The predicted molar refractivity (Wildman–Crippen MR) is 162 cm³/mol. The van der Waals surface area contributed by atoms with Gasteiger partial charge in [0, 0.05) is 11.9 Å². The largest absolute Gasteiger partial charge is 0.462 e. The third-order valence-electron chi connectivity index (χ3n) is 7.43. The Morgan fingerprint density at radius 1 is 1.20 bits per heavy atom. The lowest BCUT2D eigenvalue weighted by atomic mass is 9.72. The van der Waals surface area contributed by atoms with Crippen molar-refractivity contribution in [3.63, 3.8) is 0 Å². The second-order valence-corrected chi connectivity index (χ2v) is 13.8. The number of amides is 2. The number of aromatic nitrogens is 3. The molecule has 9 nitrogen and oxygen atoms in total. The molecule has 0 saturated heterocycles. The number of hydrogen-bond donors (Lipinski definition) is 2. The van der Waals surface area contributed by atoms with Crippen LogP contribution in [0.1, 0.15) is 73.2 Å². The summed E-state index contributed by atoms with van der Waals surface area (Å²) in [6, 6.07) is 9.54. The molecule has 4 rings (SSSR count). The molecule has 3 aromatic rings. The number of thiophene rings is 1. The molecule has 2 unspecified atom stereocenters. The van der Waals surface area contributed by atoms with Gasteiger partial charge in [-0.1, -0.05) is 62.9 Å². The maximum Gasteiger partial charge on any atom is 0.341 e. The van der Waals surface area contributed by atoms with Crippen LogP contribution in [-0.2, 0) is 47.2 Å². The first-order valence-electron chi connectivity index (χ1n) is 14.0. The summed E-state index contributed by atoms with van der Waals surface area (Å²) in [6.45, 7) is 10.8. The SMILES string of the molecule is CCOC(=O)c1c(NC(=O)C(C)Sc2nnc(CNC(=O)Cc3ccccc3)n2C)sc2c1CCC(C(C)(C)C)C2. The summed E-state index contributed by atoms with van der Waals surface area (Å²) in [6.07, 6.45) is 2.97. The van der Waals surface area contributed by atoms with Crippen LogP contribution in [0, 0.1) is 11.3 Å². The van der Waals surface area contributed by atoms with E-state index in [1.165, 1.54) is 23.1 Å². The zero-order valence-corrected chi connectivity index (χ0v) is 26.2. The zero-order valence-electron chi connectivity index (χ0n) is 24.6. The number of ether oxygens (including phenoxy) is 1. The average molecular weight is 598 g/mol. The molecule has 41 heavy (non-hydrogen) atoms. The Bertz CT molecular complexity index is 1390. The van der Waals surface area contributed by atoms with Crippen molar-refractivity contribution < 1.29 is 19.1 Å². The summed E-state index contributed by atoms with van der Waals surface area (Å²) in [5.41, 5.74) is 2.61. The fourth-order valence-electron chi connectivity index (χ4n) is 4.88. The van der Waals surface area contributed by atoms with Gasteiger partial charge in [-0.3, -0.25) is 9.59 Å². The number of benzene rings is 1. The number of nitrogens with zero attached hydrogens (tertiary/aromatic N) is 3. The Labute approximate surface area is 249 Å². The number of esters is 1. The molecule has 0 spiro atoms. The van der Waals surface area contributed by atoms with Gasteiger partial charge in [0.05, 0.1) is 30.4 Å². The first-order valence-corrected chi connectivity index (χ1v) is 15.7. The van der Waals surface area contributed by atoms with E-state index in [1.807, 2.05) is 37.4 Å². The molecule has 2 amide bonds. The van der Waals surface area contributed by atoms with E-state index >= 15 is 0 Å². The van der Waals surface area contributed by atoms with Crippen LogP contribution in [0.2, 0.25) is 0 Å². The van der Waals surface area contributed by atoms with Gasteiger partial charge >= 0.3 is 5.97 Å². The lowest BCUT2D eigenvalue weighted by Crippen LogP contribution is -2.27. The molecular formula is C30H39N5O4S2. The molecule has 2 heterocycles. The summed E-state index contributed by atoms with van der Waals surface area (Å²) in [4.78, 5) is 39.8. The van der Waals surface area contributed by atoms with Crippen LogP contribution in [0.5, 0.6) is 0 Å². The Balaban J connectivity index is 1.41. The standard InChI is InChI=1S/C30H39N5O4S2/c1-7-39-28(38)25-21-14-13-20(30(3,4)5)16-22(21)41-27(25)32-26(37)18(2)40-29-34-33-23(35(29)6)17-31-24(36)15-19-11-9-8-10-12-19/h8-12,18,20H,7,13-17H2,1-6H3,(H,31,36)(H,32,37). The molecule has 0 saturated carbocycles. The van der Waals surface area contributed by atoms with Gasteiger partial charge in [-0.05, 0) is 55.6 Å². The molecule has 0 aliphatic heterocycles. The van der Waals surface area contributed by atoms with Crippen molar-refractivity contribution in [2.24, 2.45) is 18.4 Å². The zero-order chi connectivity index (χ0) is 29.7. The normalized spacial score (nSPS) is 15.6. The minimum Gasteiger partial charge on any atom is -0.462 e. The van der Waals surface area contributed by atoms with Gasteiger partial charge in [-0.15, -0.1) is 21.5 Å². The minimum atomic E-state index is -0.505. The van der Waals surface area contributed by atoms with Gasteiger partial charge in [-0.2, -0.15) is 0 Å². The van der Waals surface area contributed by atoms with Crippen LogP contribution < -0.4 is 10.6 Å². The van der Waals surface area contributed by atoms with E-state index in [2.05, 4.69) is 41.6 Å². The van der Waals surface area contributed by atoms with E-state index in [0.29, 0.717) is 27.5 Å². The number of anilines is 1. The Kier molecular flexibility index (Phi) is 9.91. The summed E-state index contributed by atoms with van der Waals surface area (Å²) in [5, 5.41) is 14.9. The third kappa shape index (κ3) is 7.56. The number of fused-ring (bicyclic) bond motifs is 1. The van der Waals surface area contributed by atoms with E-state index in [1.54, 1.807) is 18.4 Å².